The standard InChI is InChI=1S/C12H19O/c1-2-3-4-5-6-7-8-9-10-11-12-13/h2-3,10-11H,4-9H2,1H3. The van der Waals surface area contributed by atoms with Crippen molar-refractivity contribution in [3.63, 3.8) is 0 Å². The molecule has 0 saturated heterocycles. The van der Waals surface area contributed by atoms with Crippen LogP contribution < -0.4 is 0 Å². The Balaban J connectivity index is 2.99. The van der Waals surface area contributed by atoms with Crippen molar-refractivity contribution in [1.82, 2.24) is 0 Å². The number of hydrogen-bond acceptors (Lipinski definition) is 1. The zero-order chi connectivity index (χ0) is 9.78. The van der Waals surface area contributed by atoms with Crippen LogP contribution in [0.4, 0.5) is 0 Å². The van der Waals surface area contributed by atoms with Crippen LogP contribution in [0.1, 0.15) is 45.4 Å². The third kappa shape index (κ3) is 11.1. The Hall–Kier alpha value is -0.850. The number of hydrogen-bond donors (Lipinski definition) is 0. The summed E-state index contributed by atoms with van der Waals surface area (Å²) in [6, 6.07) is 0. The second-order valence-electron chi connectivity index (χ2n) is 3.08. The van der Waals surface area contributed by atoms with Crippen LogP contribution in [-0.4, -0.2) is 6.29 Å². The van der Waals surface area contributed by atoms with E-state index in [4.69, 9.17) is 0 Å². The summed E-state index contributed by atoms with van der Waals surface area (Å²) in [4.78, 5) is 9.79. The highest BCUT2D eigenvalue weighted by Gasteiger charge is 1.86. The molecule has 1 radical (unpaired) electrons. The van der Waals surface area contributed by atoms with Crippen molar-refractivity contribution in [2.45, 2.75) is 45.4 Å². The van der Waals surface area contributed by atoms with E-state index in [9.17, 15) is 4.79 Å². The molecule has 0 unspecified atom stereocenters. The van der Waals surface area contributed by atoms with Gasteiger partial charge in [-0.3, -0.25) is 4.79 Å². The van der Waals surface area contributed by atoms with Crippen LogP contribution in [0.3, 0.4) is 0 Å². The van der Waals surface area contributed by atoms with Crippen molar-refractivity contribution < 1.29 is 4.79 Å². The second-order valence-corrected chi connectivity index (χ2v) is 3.08. The first kappa shape index (κ1) is 12.2. The summed E-state index contributed by atoms with van der Waals surface area (Å²) in [6.45, 7) is 2.06. The summed E-state index contributed by atoms with van der Waals surface area (Å²) >= 11 is 0. The molecule has 1 nitrogen and oxygen atoms in total. The molecule has 0 aliphatic rings. The van der Waals surface area contributed by atoms with E-state index in [-0.39, 0.29) is 0 Å². The molecule has 0 rings (SSSR count). The topological polar surface area (TPSA) is 17.1 Å². The van der Waals surface area contributed by atoms with Gasteiger partial charge >= 0.3 is 0 Å². The Bertz CT molecular complexity index is 157. The predicted molar refractivity (Wildman–Crippen MR) is 57.3 cm³/mol. The van der Waals surface area contributed by atoms with Crippen LogP contribution in [0.5, 0.6) is 0 Å². The highest BCUT2D eigenvalue weighted by atomic mass is 16.1. The molecule has 1 heteroatoms. The third-order valence-electron chi connectivity index (χ3n) is 1.91. The minimum atomic E-state index is 1.01. The maximum absolute atomic E-state index is 9.79. The van der Waals surface area contributed by atoms with E-state index in [1.165, 1.54) is 38.2 Å². The van der Waals surface area contributed by atoms with Gasteiger partial charge in [0.2, 0.25) is 6.29 Å². The molecule has 0 aromatic rings. The molecular weight excluding hydrogens is 160 g/mol. The first-order chi connectivity index (χ1) is 6.41. The number of rotatable bonds is 8. The van der Waals surface area contributed by atoms with Crippen LogP contribution in [0.25, 0.3) is 0 Å². The monoisotopic (exact) mass is 179 g/mol. The van der Waals surface area contributed by atoms with Gasteiger partial charge in [0, 0.05) is 0 Å². The molecule has 0 N–H and O–H groups in total. The fraction of sp³-hybridized carbons (Fsp3) is 0.583. The van der Waals surface area contributed by atoms with E-state index in [0.29, 0.717) is 0 Å². The molecule has 0 atom stereocenters. The summed E-state index contributed by atoms with van der Waals surface area (Å²) < 4.78 is 0. The third-order valence-corrected chi connectivity index (χ3v) is 1.91. The van der Waals surface area contributed by atoms with Crippen molar-refractivity contribution >= 4 is 6.29 Å². The van der Waals surface area contributed by atoms with Gasteiger partial charge in [0.1, 0.15) is 0 Å². The van der Waals surface area contributed by atoms with Gasteiger partial charge < -0.3 is 0 Å². The van der Waals surface area contributed by atoms with Crippen LogP contribution in [-0.2, 0) is 4.79 Å². The molecule has 0 heterocycles. The number of unbranched alkanes of at least 4 members (excludes halogenated alkanes) is 5. The van der Waals surface area contributed by atoms with Gasteiger partial charge in [-0.2, -0.15) is 0 Å². The lowest BCUT2D eigenvalue weighted by Gasteiger charge is -1.95. The lowest BCUT2D eigenvalue weighted by Crippen LogP contribution is -1.76. The van der Waals surface area contributed by atoms with Gasteiger partial charge in [0.15, 0.2) is 0 Å². The second kappa shape index (κ2) is 11.2. The molecule has 0 fully saturated rings. The average molecular weight is 179 g/mol. The van der Waals surface area contributed by atoms with E-state index in [2.05, 4.69) is 19.1 Å². The lowest BCUT2D eigenvalue weighted by atomic mass is 10.1. The van der Waals surface area contributed by atoms with E-state index in [1.807, 2.05) is 6.08 Å². The van der Waals surface area contributed by atoms with Crippen LogP contribution >= 0.6 is 0 Å². The van der Waals surface area contributed by atoms with E-state index in [0.717, 1.165) is 6.42 Å². The molecule has 0 amide bonds. The number of allylic oxidation sites excluding steroid dienone is 4. The minimum Gasteiger partial charge on any atom is -0.286 e. The molecule has 0 aliphatic carbocycles. The van der Waals surface area contributed by atoms with Gasteiger partial charge in [-0.15, -0.1) is 0 Å². The van der Waals surface area contributed by atoms with Gasteiger partial charge in [-0.05, 0) is 38.7 Å². The van der Waals surface area contributed by atoms with E-state index >= 15 is 0 Å². The van der Waals surface area contributed by atoms with Crippen LogP contribution in [0.15, 0.2) is 24.3 Å². The Kier molecular flexibility index (Phi) is 10.4. The Morgan fingerprint density at radius 2 is 1.62 bits per heavy atom. The molecule has 0 bridgehead atoms. The zero-order valence-corrected chi connectivity index (χ0v) is 8.46. The van der Waals surface area contributed by atoms with E-state index < -0.39 is 0 Å². The average Bonchev–Trinajstić information content (AvgIpc) is 2.16. The minimum absolute atomic E-state index is 1.01. The van der Waals surface area contributed by atoms with Crippen molar-refractivity contribution in [1.29, 1.82) is 0 Å². The predicted octanol–water partition coefficient (Wildman–Crippen LogP) is 3.57. The van der Waals surface area contributed by atoms with Gasteiger partial charge in [0.25, 0.3) is 0 Å². The maximum atomic E-state index is 9.79. The highest BCUT2D eigenvalue weighted by Crippen LogP contribution is 2.05. The van der Waals surface area contributed by atoms with Crippen LogP contribution in [0.2, 0.25) is 0 Å². The van der Waals surface area contributed by atoms with Gasteiger partial charge in [-0.25, -0.2) is 0 Å². The molecule has 0 aromatic heterocycles. The summed E-state index contributed by atoms with van der Waals surface area (Å²) in [5.41, 5.74) is 0. The molecule has 13 heavy (non-hydrogen) atoms. The van der Waals surface area contributed by atoms with E-state index in [1.54, 1.807) is 6.29 Å². The Morgan fingerprint density at radius 1 is 1.00 bits per heavy atom. The fourth-order valence-corrected chi connectivity index (χ4v) is 1.18. The maximum Gasteiger partial charge on any atom is 0.225 e. The molecule has 0 aliphatic heterocycles. The fourth-order valence-electron chi connectivity index (χ4n) is 1.18. The zero-order valence-electron chi connectivity index (χ0n) is 8.46. The van der Waals surface area contributed by atoms with Crippen LogP contribution in [0, 0.1) is 0 Å². The van der Waals surface area contributed by atoms with Gasteiger partial charge in [-0.1, -0.05) is 31.1 Å². The Morgan fingerprint density at radius 3 is 2.15 bits per heavy atom. The van der Waals surface area contributed by atoms with Gasteiger partial charge in [0.05, 0.1) is 0 Å². The molecular formula is C12H19O. The SMILES string of the molecule is CC=CCCCCCCC=C[C]=O. The molecule has 73 valence electrons. The smallest absolute Gasteiger partial charge is 0.225 e. The molecule has 0 aromatic carbocycles. The highest BCUT2D eigenvalue weighted by molar-refractivity contribution is 5.65. The quantitative estimate of drug-likeness (QED) is 0.316. The normalized spacial score (nSPS) is 11.5. The van der Waals surface area contributed by atoms with Crippen molar-refractivity contribution in [2.24, 2.45) is 0 Å². The first-order valence-corrected chi connectivity index (χ1v) is 5.05. The summed E-state index contributed by atoms with van der Waals surface area (Å²) in [7, 11) is 0. The van der Waals surface area contributed by atoms with Crippen molar-refractivity contribution in [3.8, 4) is 0 Å². The molecule has 0 spiro atoms. The summed E-state index contributed by atoms with van der Waals surface area (Å²) in [5.74, 6) is 0. The summed E-state index contributed by atoms with van der Waals surface area (Å²) in [6.07, 6.45) is 16.7. The first-order valence-electron chi connectivity index (χ1n) is 5.05. The van der Waals surface area contributed by atoms with Crippen molar-refractivity contribution in [3.05, 3.63) is 24.3 Å². The largest absolute Gasteiger partial charge is 0.286 e. The number of carbonyl (C=O) groups excluding carboxylic acids is 1. The summed E-state index contributed by atoms with van der Waals surface area (Å²) in [5, 5.41) is 0. The van der Waals surface area contributed by atoms with Crippen molar-refractivity contribution in [2.75, 3.05) is 0 Å². The molecule has 0 saturated carbocycles. The lowest BCUT2D eigenvalue weighted by molar-refractivity contribution is 0.564. The Labute approximate surface area is 81.5 Å².